The Bertz CT molecular complexity index is 485. The molecule has 3 nitrogen and oxygen atoms in total. The first kappa shape index (κ1) is 16.0. The zero-order valence-electron chi connectivity index (χ0n) is 13.9. The van der Waals surface area contributed by atoms with Crippen molar-refractivity contribution in [1.29, 1.82) is 0 Å². The number of carbonyl (C=O) groups excluding carboxylic acids is 1. The lowest BCUT2D eigenvalue weighted by Gasteiger charge is -2.26. The summed E-state index contributed by atoms with van der Waals surface area (Å²) in [7, 11) is 0. The van der Waals surface area contributed by atoms with E-state index in [9.17, 15) is 4.79 Å². The Labute approximate surface area is 128 Å². The Kier molecular flexibility index (Phi) is 4.72. The molecule has 0 radical (unpaired) electrons. The second-order valence-corrected chi connectivity index (χ2v) is 7.43. The van der Waals surface area contributed by atoms with E-state index in [1.165, 1.54) is 11.1 Å². The van der Waals surface area contributed by atoms with Crippen molar-refractivity contribution in [2.24, 2.45) is 5.92 Å². The topological polar surface area (TPSA) is 32.3 Å². The van der Waals surface area contributed by atoms with Crippen LogP contribution in [0.4, 0.5) is 0 Å². The minimum absolute atomic E-state index is 0.0327. The molecule has 1 aliphatic heterocycles. The van der Waals surface area contributed by atoms with Gasteiger partial charge in [-0.3, -0.25) is 10.1 Å². The quantitative estimate of drug-likeness (QED) is 0.920. The van der Waals surface area contributed by atoms with Crippen molar-refractivity contribution in [2.45, 2.75) is 52.6 Å². The molecule has 1 aromatic rings. The van der Waals surface area contributed by atoms with Gasteiger partial charge in [-0.25, -0.2) is 0 Å². The van der Waals surface area contributed by atoms with Crippen LogP contribution in [0.1, 0.15) is 58.3 Å². The first-order chi connectivity index (χ1) is 9.79. The summed E-state index contributed by atoms with van der Waals surface area (Å²) in [6.45, 7) is 12.3. The second kappa shape index (κ2) is 6.18. The largest absolute Gasteiger partial charge is 0.322 e. The summed E-state index contributed by atoms with van der Waals surface area (Å²) in [5, 5.41) is 3.33. The van der Waals surface area contributed by atoms with E-state index in [2.05, 4.69) is 64.2 Å². The normalized spacial score (nSPS) is 19.6. The number of rotatable bonds is 4. The summed E-state index contributed by atoms with van der Waals surface area (Å²) in [5.74, 6) is 0.822. The van der Waals surface area contributed by atoms with Gasteiger partial charge in [-0.05, 0) is 28.9 Å². The highest BCUT2D eigenvalue weighted by Gasteiger charge is 2.31. The maximum Gasteiger partial charge on any atom is 0.238 e. The Morgan fingerprint density at radius 2 is 1.86 bits per heavy atom. The molecule has 3 heteroatoms. The highest BCUT2D eigenvalue weighted by molar-refractivity contribution is 5.80. The summed E-state index contributed by atoms with van der Waals surface area (Å²) < 4.78 is 0. The van der Waals surface area contributed by atoms with Gasteiger partial charge in [0.1, 0.15) is 6.17 Å². The Hall–Kier alpha value is -1.35. The van der Waals surface area contributed by atoms with Crippen molar-refractivity contribution >= 4 is 5.91 Å². The molecule has 2 rings (SSSR count). The van der Waals surface area contributed by atoms with Crippen molar-refractivity contribution in [1.82, 2.24) is 10.2 Å². The average Bonchev–Trinajstić information content (AvgIpc) is 2.77. The van der Waals surface area contributed by atoms with E-state index in [0.29, 0.717) is 12.5 Å². The van der Waals surface area contributed by atoms with E-state index in [4.69, 9.17) is 0 Å². The molecule has 1 fully saturated rings. The molecule has 1 unspecified atom stereocenters. The van der Waals surface area contributed by atoms with Crippen LogP contribution in [0.15, 0.2) is 24.3 Å². The lowest BCUT2D eigenvalue weighted by Crippen LogP contribution is -2.31. The molecule has 0 spiro atoms. The number of hydrogen-bond donors (Lipinski definition) is 1. The predicted molar refractivity (Wildman–Crippen MR) is 87.1 cm³/mol. The minimum Gasteiger partial charge on any atom is -0.322 e. The number of amides is 1. The predicted octanol–water partition coefficient (Wildman–Crippen LogP) is 3.46. The van der Waals surface area contributed by atoms with Gasteiger partial charge in [-0.1, -0.05) is 58.9 Å². The van der Waals surface area contributed by atoms with Crippen molar-refractivity contribution in [3.63, 3.8) is 0 Å². The average molecular weight is 288 g/mol. The van der Waals surface area contributed by atoms with Gasteiger partial charge in [0.2, 0.25) is 5.91 Å². The van der Waals surface area contributed by atoms with Gasteiger partial charge >= 0.3 is 0 Å². The van der Waals surface area contributed by atoms with Gasteiger partial charge in [0, 0.05) is 6.54 Å². The number of carbonyl (C=O) groups is 1. The minimum atomic E-state index is 0.0327. The SMILES string of the molecule is CC(C)CCN1C(=O)CNC1c1ccc(C(C)(C)C)cc1. The van der Waals surface area contributed by atoms with E-state index in [1.54, 1.807) is 0 Å². The van der Waals surface area contributed by atoms with Crippen molar-refractivity contribution in [2.75, 3.05) is 13.1 Å². The monoisotopic (exact) mass is 288 g/mol. The van der Waals surface area contributed by atoms with E-state index >= 15 is 0 Å². The summed E-state index contributed by atoms with van der Waals surface area (Å²) in [6.07, 6.45) is 1.08. The van der Waals surface area contributed by atoms with Gasteiger partial charge in [0.05, 0.1) is 6.54 Å². The molecule has 0 saturated carbocycles. The molecule has 0 bridgehead atoms. The first-order valence-electron chi connectivity index (χ1n) is 7.92. The second-order valence-electron chi connectivity index (χ2n) is 7.43. The van der Waals surface area contributed by atoms with Crippen LogP contribution in [-0.4, -0.2) is 23.9 Å². The zero-order valence-corrected chi connectivity index (χ0v) is 13.9. The van der Waals surface area contributed by atoms with Crippen molar-refractivity contribution < 1.29 is 4.79 Å². The molecular weight excluding hydrogens is 260 g/mol. The molecule has 1 atom stereocenters. The fourth-order valence-electron chi connectivity index (χ4n) is 2.65. The number of hydrogen-bond acceptors (Lipinski definition) is 2. The lowest BCUT2D eigenvalue weighted by atomic mass is 9.86. The van der Waals surface area contributed by atoms with Crippen LogP contribution in [0.3, 0.4) is 0 Å². The van der Waals surface area contributed by atoms with E-state index < -0.39 is 0 Å². The van der Waals surface area contributed by atoms with Crippen LogP contribution in [0.2, 0.25) is 0 Å². The lowest BCUT2D eigenvalue weighted by molar-refractivity contribution is -0.128. The summed E-state index contributed by atoms with van der Waals surface area (Å²) >= 11 is 0. The van der Waals surface area contributed by atoms with Gasteiger partial charge in [-0.2, -0.15) is 0 Å². The third-order valence-corrected chi connectivity index (χ3v) is 4.12. The van der Waals surface area contributed by atoms with E-state index in [-0.39, 0.29) is 17.5 Å². The molecule has 1 saturated heterocycles. The fourth-order valence-corrected chi connectivity index (χ4v) is 2.65. The van der Waals surface area contributed by atoms with Crippen LogP contribution in [-0.2, 0) is 10.2 Å². The summed E-state index contributed by atoms with van der Waals surface area (Å²) in [4.78, 5) is 14.0. The highest BCUT2D eigenvalue weighted by atomic mass is 16.2. The van der Waals surface area contributed by atoms with E-state index in [0.717, 1.165) is 13.0 Å². The third-order valence-electron chi connectivity index (χ3n) is 4.12. The first-order valence-corrected chi connectivity index (χ1v) is 7.92. The van der Waals surface area contributed by atoms with Crippen molar-refractivity contribution in [3.05, 3.63) is 35.4 Å². The Balaban J connectivity index is 2.14. The number of nitrogens with one attached hydrogen (secondary N) is 1. The molecule has 1 N–H and O–H groups in total. The van der Waals surface area contributed by atoms with Crippen LogP contribution >= 0.6 is 0 Å². The maximum absolute atomic E-state index is 12.1. The summed E-state index contributed by atoms with van der Waals surface area (Å²) in [5.41, 5.74) is 2.66. The molecule has 1 aromatic carbocycles. The third kappa shape index (κ3) is 3.85. The Morgan fingerprint density at radius 3 is 2.38 bits per heavy atom. The van der Waals surface area contributed by atoms with Crippen molar-refractivity contribution in [3.8, 4) is 0 Å². The molecule has 1 heterocycles. The van der Waals surface area contributed by atoms with Gasteiger partial charge in [0.25, 0.3) is 0 Å². The van der Waals surface area contributed by atoms with Gasteiger partial charge < -0.3 is 4.90 Å². The molecule has 116 valence electrons. The number of nitrogens with zero attached hydrogens (tertiary/aromatic N) is 1. The van der Waals surface area contributed by atoms with Gasteiger partial charge in [0.15, 0.2) is 0 Å². The van der Waals surface area contributed by atoms with E-state index in [1.807, 2.05) is 4.90 Å². The fraction of sp³-hybridized carbons (Fsp3) is 0.611. The maximum atomic E-state index is 12.1. The van der Waals surface area contributed by atoms with Crippen LogP contribution < -0.4 is 5.32 Å². The molecule has 21 heavy (non-hydrogen) atoms. The zero-order chi connectivity index (χ0) is 15.6. The molecule has 1 amide bonds. The standard InChI is InChI=1S/C18H28N2O/c1-13(2)10-11-20-16(21)12-19-17(20)14-6-8-15(9-7-14)18(3,4)5/h6-9,13,17,19H,10-12H2,1-5H3. The molecular formula is C18H28N2O. The highest BCUT2D eigenvalue weighted by Crippen LogP contribution is 2.27. The molecule has 0 aliphatic carbocycles. The smallest absolute Gasteiger partial charge is 0.238 e. The summed E-state index contributed by atoms with van der Waals surface area (Å²) in [6, 6.07) is 8.67. The molecule has 1 aliphatic rings. The number of benzene rings is 1. The van der Waals surface area contributed by atoms with Crippen LogP contribution in [0.5, 0.6) is 0 Å². The van der Waals surface area contributed by atoms with Crippen LogP contribution in [0.25, 0.3) is 0 Å². The van der Waals surface area contributed by atoms with Crippen LogP contribution in [0, 0.1) is 5.92 Å². The van der Waals surface area contributed by atoms with Gasteiger partial charge in [-0.15, -0.1) is 0 Å². The Morgan fingerprint density at radius 1 is 1.24 bits per heavy atom. The molecule has 0 aromatic heterocycles.